The smallest absolute Gasteiger partial charge is 0.304 e. The summed E-state index contributed by atoms with van der Waals surface area (Å²) in [7, 11) is 0. The Bertz CT molecular complexity index is 140. The Morgan fingerprint density at radius 1 is 1.31 bits per heavy atom. The predicted octanol–water partition coefficient (Wildman–Crippen LogP) is 1.82. The minimum absolute atomic E-state index is 0.427. The molecule has 0 saturated heterocycles. The molecule has 13 heavy (non-hydrogen) atoms. The molecule has 0 fully saturated rings. The summed E-state index contributed by atoms with van der Waals surface area (Å²) in [6.45, 7) is 2.13. The minimum Gasteiger partial charge on any atom is -0.367 e. The monoisotopic (exact) mass is 210 g/mol. The van der Waals surface area contributed by atoms with Gasteiger partial charge in [-0.1, -0.05) is 32.6 Å². The van der Waals surface area contributed by atoms with Crippen LogP contribution in [0.15, 0.2) is 0 Å². The fourth-order valence-corrected chi connectivity index (χ4v) is 1.35. The Morgan fingerprint density at radius 3 is 2.46 bits per heavy atom. The molecule has 0 spiro atoms. The molecule has 80 valence electrons. The van der Waals surface area contributed by atoms with Crippen molar-refractivity contribution in [3.63, 3.8) is 0 Å². The Labute approximate surface area is 81.8 Å². The van der Waals surface area contributed by atoms with E-state index < -0.39 is 17.7 Å². The molecule has 0 heterocycles. The van der Waals surface area contributed by atoms with E-state index in [9.17, 15) is 4.21 Å². The highest BCUT2D eigenvalue weighted by molar-refractivity contribution is 7.74. The summed E-state index contributed by atoms with van der Waals surface area (Å²) < 4.78 is 22.6. The van der Waals surface area contributed by atoms with Crippen molar-refractivity contribution in [2.45, 2.75) is 51.7 Å². The van der Waals surface area contributed by atoms with Crippen molar-refractivity contribution in [2.75, 3.05) is 0 Å². The van der Waals surface area contributed by atoms with Gasteiger partial charge in [-0.2, -0.15) is 4.21 Å². The van der Waals surface area contributed by atoms with Crippen molar-refractivity contribution in [3.8, 4) is 0 Å². The van der Waals surface area contributed by atoms with Gasteiger partial charge < -0.3 is 5.11 Å². The number of aliphatic hydroxyl groups excluding tert-OH is 1. The highest BCUT2D eigenvalue weighted by atomic mass is 32.2. The van der Waals surface area contributed by atoms with Crippen LogP contribution in [-0.4, -0.2) is 20.2 Å². The number of hydrogen-bond acceptors (Lipinski definition) is 3. The van der Waals surface area contributed by atoms with Crippen LogP contribution in [0.2, 0.25) is 0 Å². The first-order valence-corrected chi connectivity index (χ1v) is 5.66. The first kappa shape index (κ1) is 13.0. The summed E-state index contributed by atoms with van der Waals surface area (Å²) in [6, 6.07) is 0. The van der Waals surface area contributed by atoms with E-state index in [1.807, 2.05) is 0 Å². The van der Waals surface area contributed by atoms with Gasteiger partial charge in [-0.05, 0) is 12.8 Å². The molecule has 0 amide bonds. The topological polar surface area (TPSA) is 66.8 Å². The van der Waals surface area contributed by atoms with Gasteiger partial charge in [-0.15, -0.1) is 0 Å². The third kappa shape index (κ3) is 9.95. The van der Waals surface area contributed by atoms with E-state index in [0.29, 0.717) is 6.42 Å². The lowest BCUT2D eigenvalue weighted by atomic mass is 10.1. The zero-order valence-electron chi connectivity index (χ0n) is 7.94. The van der Waals surface area contributed by atoms with Crippen LogP contribution in [0, 0.1) is 0 Å². The average Bonchev–Trinajstić information content (AvgIpc) is 2.02. The first-order valence-electron chi connectivity index (χ1n) is 4.63. The summed E-state index contributed by atoms with van der Waals surface area (Å²) in [5, 5.41) is 9.00. The number of hydrogen-bond donors (Lipinski definition) is 2. The van der Waals surface area contributed by atoms with Crippen LogP contribution in [-0.2, 0) is 15.5 Å². The summed E-state index contributed by atoms with van der Waals surface area (Å²) in [4.78, 5) is 0. The third-order valence-corrected chi connectivity index (χ3v) is 2.13. The minimum atomic E-state index is -2.35. The third-order valence-electron chi connectivity index (χ3n) is 1.75. The zero-order valence-corrected chi connectivity index (χ0v) is 8.76. The maximum absolute atomic E-state index is 10.1. The van der Waals surface area contributed by atoms with Crippen LogP contribution in [0.5, 0.6) is 0 Å². The first-order chi connectivity index (χ1) is 6.16. The molecule has 0 bridgehead atoms. The average molecular weight is 210 g/mol. The molecule has 2 N–H and O–H groups in total. The Hall–Kier alpha value is 0.0300. The molecule has 0 aromatic heterocycles. The molecule has 0 aromatic carbocycles. The normalized spacial score (nSPS) is 15.6. The summed E-state index contributed by atoms with van der Waals surface area (Å²) >= 11 is -2.35. The van der Waals surface area contributed by atoms with Crippen LogP contribution in [0.25, 0.3) is 0 Å². The van der Waals surface area contributed by atoms with Gasteiger partial charge in [0.25, 0.3) is 0 Å². The van der Waals surface area contributed by atoms with Crippen molar-refractivity contribution in [2.24, 2.45) is 0 Å². The largest absolute Gasteiger partial charge is 0.367 e. The standard InChI is InChI=1S/C8H18O4S/c1-2-3-4-5-6-7-8(9)12-13(10)11/h8-9H,2-7H2,1H3,(H,10,11). The highest BCUT2D eigenvalue weighted by Crippen LogP contribution is 2.08. The van der Waals surface area contributed by atoms with E-state index in [1.54, 1.807) is 0 Å². The van der Waals surface area contributed by atoms with Crippen molar-refractivity contribution in [1.82, 2.24) is 0 Å². The molecular weight excluding hydrogens is 192 g/mol. The van der Waals surface area contributed by atoms with Gasteiger partial charge in [0.15, 0.2) is 6.29 Å². The van der Waals surface area contributed by atoms with E-state index in [2.05, 4.69) is 11.1 Å². The molecule has 2 atom stereocenters. The van der Waals surface area contributed by atoms with Crippen LogP contribution in [0.3, 0.4) is 0 Å². The van der Waals surface area contributed by atoms with Crippen molar-refractivity contribution >= 4 is 11.4 Å². The second-order valence-corrected chi connectivity index (χ2v) is 3.60. The second-order valence-electron chi connectivity index (χ2n) is 2.97. The molecule has 0 radical (unpaired) electrons. The second kappa shape index (κ2) is 8.62. The van der Waals surface area contributed by atoms with Gasteiger partial charge in [0, 0.05) is 0 Å². The Kier molecular flexibility index (Phi) is 8.64. The van der Waals surface area contributed by atoms with Gasteiger partial charge in [-0.25, -0.2) is 4.18 Å². The van der Waals surface area contributed by atoms with E-state index >= 15 is 0 Å². The van der Waals surface area contributed by atoms with Gasteiger partial charge in [-0.3, -0.25) is 4.55 Å². The summed E-state index contributed by atoms with van der Waals surface area (Å²) in [6.07, 6.45) is 4.71. The van der Waals surface area contributed by atoms with E-state index in [1.165, 1.54) is 12.8 Å². The van der Waals surface area contributed by atoms with Crippen LogP contribution in [0.1, 0.15) is 45.4 Å². The molecule has 4 nitrogen and oxygen atoms in total. The molecule has 0 aliphatic heterocycles. The van der Waals surface area contributed by atoms with Gasteiger partial charge in [0.05, 0.1) is 0 Å². The van der Waals surface area contributed by atoms with E-state index in [4.69, 9.17) is 9.66 Å². The lowest BCUT2D eigenvalue weighted by molar-refractivity contribution is -0.0203. The Morgan fingerprint density at radius 2 is 1.92 bits per heavy atom. The quantitative estimate of drug-likeness (QED) is 0.364. The predicted molar refractivity (Wildman–Crippen MR) is 51.2 cm³/mol. The highest BCUT2D eigenvalue weighted by Gasteiger charge is 2.06. The zero-order chi connectivity index (χ0) is 10.1. The molecular formula is C8H18O4S. The fourth-order valence-electron chi connectivity index (χ4n) is 1.07. The van der Waals surface area contributed by atoms with Crippen LogP contribution < -0.4 is 0 Å². The SMILES string of the molecule is CCCCCCCC(O)OS(=O)O. The van der Waals surface area contributed by atoms with Crippen molar-refractivity contribution in [1.29, 1.82) is 0 Å². The number of aliphatic hydroxyl groups is 1. The van der Waals surface area contributed by atoms with Crippen LogP contribution in [0.4, 0.5) is 0 Å². The van der Waals surface area contributed by atoms with Gasteiger partial charge in [0.1, 0.15) is 0 Å². The maximum Gasteiger partial charge on any atom is 0.304 e. The molecule has 5 heteroatoms. The van der Waals surface area contributed by atoms with E-state index in [-0.39, 0.29) is 0 Å². The maximum atomic E-state index is 10.1. The lowest BCUT2D eigenvalue weighted by Crippen LogP contribution is -2.12. The van der Waals surface area contributed by atoms with Crippen molar-refractivity contribution < 1.29 is 18.1 Å². The molecule has 2 unspecified atom stereocenters. The molecule has 0 aromatic rings. The van der Waals surface area contributed by atoms with Crippen LogP contribution >= 0.6 is 0 Å². The molecule has 0 rings (SSSR count). The number of rotatable bonds is 8. The summed E-state index contributed by atoms with van der Waals surface area (Å²) in [5.41, 5.74) is 0. The number of unbranched alkanes of at least 4 members (excludes halogenated alkanes) is 4. The molecule has 0 saturated carbocycles. The molecule has 0 aliphatic rings. The van der Waals surface area contributed by atoms with E-state index in [0.717, 1.165) is 19.3 Å². The van der Waals surface area contributed by atoms with Gasteiger partial charge >= 0.3 is 11.4 Å². The fraction of sp³-hybridized carbons (Fsp3) is 1.00. The molecule has 0 aliphatic carbocycles. The summed E-state index contributed by atoms with van der Waals surface area (Å²) in [5.74, 6) is 0. The van der Waals surface area contributed by atoms with Gasteiger partial charge in [0.2, 0.25) is 0 Å². The van der Waals surface area contributed by atoms with Crippen molar-refractivity contribution in [3.05, 3.63) is 0 Å². The lowest BCUT2D eigenvalue weighted by Gasteiger charge is -2.07. The Balaban J connectivity index is 3.17.